The quantitative estimate of drug-likeness (QED) is 0.748. The van der Waals surface area contributed by atoms with Crippen molar-refractivity contribution in [3.8, 4) is 0 Å². The Morgan fingerprint density at radius 2 is 1.75 bits per heavy atom. The smallest absolute Gasteiger partial charge is 0.410 e. The molecule has 1 saturated heterocycles. The van der Waals surface area contributed by atoms with Gasteiger partial charge < -0.3 is 14.4 Å². The molecule has 0 bridgehead atoms. The van der Waals surface area contributed by atoms with E-state index in [9.17, 15) is 9.59 Å². The minimum absolute atomic E-state index is 0.0654. The van der Waals surface area contributed by atoms with E-state index in [2.05, 4.69) is 0 Å². The summed E-state index contributed by atoms with van der Waals surface area (Å²) < 4.78 is 10.5. The van der Waals surface area contributed by atoms with E-state index in [1.807, 2.05) is 34.6 Å². The average molecular weight is 285 g/mol. The molecule has 0 aliphatic carbocycles. The molecule has 1 aliphatic heterocycles. The molecule has 0 unspecified atom stereocenters. The van der Waals surface area contributed by atoms with E-state index in [1.54, 1.807) is 4.90 Å². The van der Waals surface area contributed by atoms with Crippen molar-refractivity contribution in [3.63, 3.8) is 0 Å². The Bertz CT molecular complexity index is 338. The first-order valence-corrected chi connectivity index (χ1v) is 7.35. The van der Waals surface area contributed by atoms with Gasteiger partial charge in [0.05, 0.1) is 6.10 Å². The standard InChI is InChI=1S/C15H27NO4/c1-11(2)19-13(17)10-12-6-8-16(9-7-12)14(18)20-15(3,4)5/h11-12H,6-10H2,1-5H3. The zero-order valence-electron chi connectivity index (χ0n) is 13.3. The highest BCUT2D eigenvalue weighted by atomic mass is 16.6. The van der Waals surface area contributed by atoms with Gasteiger partial charge in [0, 0.05) is 19.5 Å². The van der Waals surface area contributed by atoms with Gasteiger partial charge in [-0.05, 0) is 53.4 Å². The maximum absolute atomic E-state index is 11.9. The molecule has 0 N–H and O–H groups in total. The summed E-state index contributed by atoms with van der Waals surface area (Å²) in [4.78, 5) is 25.2. The Hall–Kier alpha value is -1.26. The number of carbonyl (C=O) groups excluding carboxylic acids is 2. The third kappa shape index (κ3) is 6.26. The fourth-order valence-electron chi connectivity index (χ4n) is 2.19. The van der Waals surface area contributed by atoms with Crippen LogP contribution in [0.15, 0.2) is 0 Å². The molecule has 0 atom stereocenters. The first-order chi connectivity index (χ1) is 9.17. The predicted octanol–water partition coefficient (Wildman–Crippen LogP) is 2.98. The SMILES string of the molecule is CC(C)OC(=O)CC1CCN(C(=O)OC(C)(C)C)CC1. The molecule has 0 aromatic heterocycles. The molecule has 0 radical (unpaired) electrons. The van der Waals surface area contributed by atoms with Crippen molar-refractivity contribution in [3.05, 3.63) is 0 Å². The van der Waals surface area contributed by atoms with Crippen LogP contribution in [0.3, 0.4) is 0 Å². The van der Waals surface area contributed by atoms with E-state index < -0.39 is 5.60 Å². The maximum Gasteiger partial charge on any atom is 0.410 e. The number of rotatable bonds is 3. The van der Waals surface area contributed by atoms with Crippen LogP contribution >= 0.6 is 0 Å². The van der Waals surface area contributed by atoms with Gasteiger partial charge in [0.2, 0.25) is 0 Å². The van der Waals surface area contributed by atoms with Gasteiger partial charge in [-0.2, -0.15) is 0 Å². The molecule has 0 aromatic carbocycles. The lowest BCUT2D eigenvalue weighted by Gasteiger charge is -2.33. The van der Waals surface area contributed by atoms with Crippen molar-refractivity contribution in [2.75, 3.05) is 13.1 Å². The Morgan fingerprint density at radius 3 is 2.20 bits per heavy atom. The number of esters is 1. The molecule has 5 nitrogen and oxygen atoms in total. The van der Waals surface area contributed by atoms with Crippen molar-refractivity contribution in [1.82, 2.24) is 4.90 Å². The van der Waals surface area contributed by atoms with Crippen molar-refractivity contribution >= 4 is 12.1 Å². The number of nitrogens with zero attached hydrogens (tertiary/aromatic N) is 1. The molecule has 0 spiro atoms. The van der Waals surface area contributed by atoms with Gasteiger partial charge in [-0.15, -0.1) is 0 Å². The van der Waals surface area contributed by atoms with Gasteiger partial charge in [0.1, 0.15) is 5.60 Å². The molecule has 5 heteroatoms. The number of likely N-dealkylation sites (tertiary alicyclic amines) is 1. The lowest BCUT2D eigenvalue weighted by Crippen LogP contribution is -2.42. The van der Waals surface area contributed by atoms with Crippen LogP contribution in [0, 0.1) is 5.92 Å². The fourth-order valence-corrected chi connectivity index (χ4v) is 2.19. The van der Waals surface area contributed by atoms with E-state index in [-0.39, 0.29) is 18.2 Å². The Morgan fingerprint density at radius 1 is 1.20 bits per heavy atom. The largest absolute Gasteiger partial charge is 0.463 e. The molecule has 1 amide bonds. The van der Waals surface area contributed by atoms with E-state index in [4.69, 9.17) is 9.47 Å². The summed E-state index contributed by atoms with van der Waals surface area (Å²) in [5.41, 5.74) is -0.463. The summed E-state index contributed by atoms with van der Waals surface area (Å²) in [6, 6.07) is 0. The highest BCUT2D eigenvalue weighted by molar-refractivity contribution is 5.70. The zero-order valence-corrected chi connectivity index (χ0v) is 13.3. The summed E-state index contributed by atoms with van der Waals surface area (Å²) in [6.07, 6.45) is 1.77. The minimum Gasteiger partial charge on any atom is -0.463 e. The van der Waals surface area contributed by atoms with Crippen LogP contribution in [0.4, 0.5) is 4.79 Å². The molecular weight excluding hydrogens is 258 g/mol. The summed E-state index contributed by atoms with van der Waals surface area (Å²) in [6.45, 7) is 10.6. The first kappa shape index (κ1) is 16.8. The Kier molecular flexibility index (Phi) is 5.84. The Balaban J connectivity index is 2.33. The molecule has 0 saturated carbocycles. The van der Waals surface area contributed by atoms with Gasteiger partial charge in [-0.1, -0.05) is 0 Å². The van der Waals surface area contributed by atoms with E-state index in [0.29, 0.717) is 25.4 Å². The molecule has 1 rings (SSSR count). The summed E-state index contributed by atoms with van der Waals surface area (Å²) in [5, 5.41) is 0. The van der Waals surface area contributed by atoms with E-state index in [1.165, 1.54) is 0 Å². The van der Waals surface area contributed by atoms with Gasteiger partial charge >= 0.3 is 12.1 Å². The number of amides is 1. The number of carbonyl (C=O) groups is 2. The van der Waals surface area contributed by atoms with Crippen LogP contribution in [-0.2, 0) is 14.3 Å². The first-order valence-electron chi connectivity index (χ1n) is 7.35. The second-order valence-corrected chi connectivity index (χ2v) is 6.65. The summed E-state index contributed by atoms with van der Waals surface area (Å²) >= 11 is 0. The Labute approximate surface area is 121 Å². The van der Waals surface area contributed by atoms with E-state index >= 15 is 0 Å². The van der Waals surface area contributed by atoms with Gasteiger partial charge in [-0.3, -0.25) is 4.79 Å². The molecule has 1 aliphatic rings. The van der Waals surface area contributed by atoms with Gasteiger partial charge in [0.15, 0.2) is 0 Å². The molecule has 20 heavy (non-hydrogen) atoms. The average Bonchev–Trinajstić information content (AvgIpc) is 2.26. The lowest BCUT2D eigenvalue weighted by molar-refractivity contribution is -0.148. The fraction of sp³-hybridized carbons (Fsp3) is 0.867. The topological polar surface area (TPSA) is 55.8 Å². The van der Waals surface area contributed by atoms with Gasteiger partial charge in [0.25, 0.3) is 0 Å². The van der Waals surface area contributed by atoms with Crippen LogP contribution in [0.5, 0.6) is 0 Å². The van der Waals surface area contributed by atoms with Crippen molar-refractivity contribution in [2.45, 2.75) is 65.6 Å². The summed E-state index contributed by atoms with van der Waals surface area (Å²) in [7, 11) is 0. The van der Waals surface area contributed by atoms with Gasteiger partial charge in [-0.25, -0.2) is 4.79 Å². The van der Waals surface area contributed by atoms with Crippen LogP contribution in [0.1, 0.15) is 53.9 Å². The molecule has 1 fully saturated rings. The van der Waals surface area contributed by atoms with E-state index in [0.717, 1.165) is 12.8 Å². The highest BCUT2D eigenvalue weighted by Crippen LogP contribution is 2.22. The van der Waals surface area contributed by atoms with Crippen molar-refractivity contribution < 1.29 is 19.1 Å². The number of hydrogen-bond donors (Lipinski definition) is 0. The normalized spacial score (nSPS) is 17.2. The minimum atomic E-state index is -0.463. The second-order valence-electron chi connectivity index (χ2n) is 6.65. The molecule has 0 aromatic rings. The third-order valence-electron chi connectivity index (χ3n) is 3.09. The maximum atomic E-state index is 11.9. The molecular formula is C15H27NO4. The lowest BCUT2D eigenvalue weighted by atomic mass is 9.94. The number of ether oxygens (including phenoxy) is 2. The molecule has 116 valence electrons. The predicted molar refractivity (Wildman–Crippen MR) is 76.4 cm³/mol. The number of piperidine rings is 1. The third-order valence-corrected chi connectivity index (χ3v) is 3.09. The highest BCUT2D eigenvalue weighted by Gasteiger charge is 2.28. The van der Waals surface area contributed by atoms with Crippen LogP contribution in [0.25, 0.3) is 0 Å². The summed E-state index contributed by atoms with van der Waals surface area (Å²) in [5.74, 6) is 0.163. The second kappa shape index (κ2) is 6.95. The van der Waals surface area contributed by atoms with Crippen LogP contribution in [0.2, 0.25) is 0 Å². The van der Waals surface area contributed by atoms with Crippen LogP contribution < -0.4 is 0 Å². The monoisotopic (exact) mass is 285 g/mol. The van der Waals surface area contributed by atoms with Crippen LogP contribution in [-0.4, -0.2) is 41.8 Å². The number of hydrogen-bond acceptors (Lipinski definition) is 4. The van der Waals surface area contributed by atoms with Crippen molar-refractivity contribution in [2.24, 2.45) is 5.92 Å². The molecule has 1 heterocycles. The zero-order chi connectivity index (χ0) is 15.3. The van der Waals surface area contributed by atoms with Crippen molar-refractivity contribution in [1.29, 1.82) is 0 Å².